The molecular formula is C11H13NO2. The van der Waals surface area contributed by atoms with Crippen LogP contribution in [0.2, 0.25) is 0 Å². The zero-order chi connectivity index (χ0) is 9.97. The third kappa shape index (κ3) is 1.63. The second-order valence-electron chi connectivity index (χ2n) is 3.58. The third-order valence-corrected chi connectivity index (χ3v) is 2.70. The van der Waals surface area contributed by atoms with Crippen molar-refractivity contribution in [1.29, 1.82) is 0 Å². The van der Waals surface area contributed by atoms with Crippen molar-refractivity contribution < 1.29 is 9.90 Å². The monoisotopic (exact) mass is 191 g/mol. The van der Waals surface area contributed by atoms with Gasteiger partial charge < -0.3 is 10.4 Å². The lowest BCUT2D eigenvalue weighted by Gasteiger charge is -2.15. The summed E-state index contributed by atoms with van der Waals surface area (Å²) in [6.07, 6.45) is 0.717. The zero-order valence-corrected chi connectivity index (χ0v) is 7.81. The molecule has 0 saturated carbocycles. The molecule has 0 radical (unpaired) electrons. The molecule has 2 N–H and O–H groups in total. The first-order valence-corrected chi connectivity index (χ1v) is 4.80. The number of carboxylic acid groups (broad SMARTS) is 1. The number of benzene rings is 1. The highest BCUT2D eigenvalue weighted by atomic mass is 16.4. The number of carboxylic acids is 1. The lowest BCUT2D eigenvalue weighted by Crippen LogP contribution is -2.23. The molecule has 0 amide bonds. The summed E-state index contributed by atoms with van der Waals surface area (Å²) in [4.78, 5) is 10.9. The Morgan fingerprint density at radius 2 is 2.07 bits per heavy atom. The Balaban J connectivity index is 2.22. The largest absolute Gasteiger partial charge is 0.481 e. The second kappa shape index (κ2) is 3.80. The maximum atomic E-state index is 10.9. The smallest absolute Gasteiger partial charge is 0.308 e. The first-order valence-electron chi connectivity index (χ1n) is 4.80. The SMILES string of the molecule is O=C(O)[C@@H]1CCN[C@H]1c1ccccc1. The Morgan fingerprint density at radius 1 is 1.36 bits per heavy atom. The topological polar surface area (TPSA) is 49.3 Å². The molecule has 0 aliphatic carbocycles. The van der Waals surface area contributed by atoms with Gasteiger partial charge in [0.2, 0.25) is 0 Å². The summed E-state index contributed by atoms with van der Waals surface area (Å²) in [6.45, 7) is 0.788. The van der Waals surface area contributed by atoms with Gasteiger partial charge in [-0.2, -0.15) is 0 Å². The van der Waals surface area contributed by atoms with Crippen molar-refractivity contribution in [3.8, 4) is 0 Å². The molecule has 0 bridgehead atoms. The van der Waals surface area contributed by atoms with E-state index in [1.165, 1.54) is 0 Å². The number of aliphatic carboxylic acids is 1. The highest BCUT2D eigenvalue weighted by molar-refractivity contribution is 5.71. The highest BCUT2D eigenvalue weighted by Crippen LogP contribution is 2.29. The molecule has 74 valence electrons. The van der Waals surface area contributed by atoms with Crippen molar-refractivity contribution >= 4 is 5.97 Å². The van der Waals surface area contributed by atoms with Gasteiger partial charge in [0.05, 0.1) is 5.92 Å². The van der Waals surface area contributed by atoms with Crippen molar-refractivity contribution in [2.45, 2.75) is 12.5 Å². The van der Waals surface area contributed by atoms with Crippen LogP contribution in [0.1, 0.15) is 18.0 Å². The van der Waals surface area contributed by atoms with E-state index in [4.69, 9.17) is 5.11 Å². The van der Waals surface area contributed by atoms with Gasteiger partial charge in [0.15, 0.2) is 0 Å². The van der Waals surface area contributed by atoms with E-state index in [1.807, 2.05) is 30.3 Å². The van der Waals surface area contributed by atoms with Crippen LogP contribution in [0.5, 0.6) is 0 Å². The summed E-state index contributed by atoms with van der Waals surface area (Å²) in [6, 6.07) is 9.74. The van der Waals surface area contributed by atoms with E-state index < -0.39 is 5.97 Å². The van der Waals surface area contributed by atoms with E-state index in [2.05, 4.69) is 5.32 Å². The molecule has 3 nitrogen and oxygen atoms in total. The lowest BCUT2D eigenvalue weighted by molar-refractivity contribution is -0.142. The molecule has 0 aromatic heterocycles. The summed E-state index contributed by atoms with van der Waals surface area (Å²) < 4.78 is 0. The van der Waals surface area contributed by atoms with Gasteiger partial charge in [-0.3, -0.25) is 4.79 Å². The van der Waals surface area contributed by atoms with E-state index in [1.54, 1.807) is 0 Å². The van der Waals surface area contributed by atoms with Gasteiger partial charge >= 0.3 is 5.97 Å². The van der Waals surface area contributed by atoms with E-state index in [0.29, 0.717) is 0 Å². The van der Waals surface area contributed by atoms with Crippen LogP contribution < -0.4 is 5.32 Å². The van der Waals surface area contributed by atoms with Crippen molar-refractivity contribution in [2.75, 3.05) is 6.54 Å². The zero-order valence-electron chi connectivity index (χ0n) is 7.81. The molecule has 1 saturated heterocycles. The third-order valence-electron chi connectivity index (χ3n) is 2.70. The quantitative estimate of drug-likeness (QED) is 0.743. The Labute approximate surface area is 82.8 Å². The number of hydrogen-bond acceptors (Lipinski definition) is 2. The Morgan fingerprint density at radius 3 is 2.71 bits per heavy atom. The second-order valence-corrected chi connectivity index (χ2v) is 3.58. The van der Waals surface area contributed by atoms with Crippen molar-refractivity contribution in [2.24, 2.45) is 5.92 Å². The minimum absolute atomic E-state index is 0.0197. The Kier molecular flexibility index (Phi) is 2.50. The van der Waals surface area contributed by atoms with E-state index in [9.17, 15) is 4.79 Å². The minimum atomic E-state index is -0.705. The van der Waals surface area contributed by atoms with Crippen LogP contribution in [-0.2, 0) is 4.79 Å². The molecule has 1 fully saturated rings. The summed E-state index contributed by atoms with van der Waals surface area (Å²) in [7, 11) is 0. The van der Waals surface area contributed by atoms with Crippen LogP contribution in [-0.4, -0.2) is 17.6 Å². The maximum Gasteiger partial charge on any atom is 0.308 e. The first kappa shape index (κ1) is 9.21. The van der Waals surface area contributed by atoms with Crippen LogP contribution in [0.4, 0.5) is 0 Å². The molecule has 0 spiro atoms. The maximum absolute atomic E-state index is 10.9. The van der Waals surface area contributed by atoms with Gasteiger partial charge in [-0.25, -0.2) is 0 Å². The normalized spacial score (nSPS) is 26.3. The molecule has 0 unspecified atom stereocenters. The highest BCUT2D eigenvalue weighted by Gasteiger charge is 2.33. The number of nitrogens with one attached hydrogen (secondary N) is 1. The van der Waals surface area contributed by atoms with Crippen LogP contribution in [0.3, 0.4) is 0 Å². The average molecular weight is 191 g/mol. The Hall–Kier alpha value is -1.35. The predicted molar refractivity (Wildman–Crippen MR) is 52.9 cm³/mol. The van der Waals surface area contributed by atoms with E-state index in [-0.39, 0.29) is 12.0 Å². The van der Waals surface area contributed by atoms with Crippen LogP contribution in [0.25, 0.3) is 0 Å². The van der Waals surface area contributed by atoms with Crippen molar-refractivity contribution in [3.63, 3.8) is 0 Å². The van der Waals surface area contributed by atoms with Gasteiger partial charge in [-0.15, -0.1) is 0 Å². The van der Waals surface area contributed by atoms with Gasteiger partial charge in [0, 0.05) is 6.04 Å². The molecule has 1 aromatic rings. The van der Waals surface area contributed by atoms with Crippen molar-refractivity contribution in [1.82, 2.24) is 5.32 Å². The fourth-order valence-corrected chi connectivity index (χ4v) is 1.98. The minimum Gasteiger partial charge on any atom is -0.481 e. The summed E-state index contributed by atoms with van der Waals surface area (Å²) >= 11 is 0. The fourth-order valence-electron chi connectivity index (χ4n) is 1.98. The molecular weight excluding hydrogens is 178 g/mol. The fraction of sp³-hybridized carbons (Fsp3) is 0.364. The predicted octanol–water partition coefficient (Wildman–Crippen LogP) is 1.42. The number of carbonyl (C=O) groups is 1. The van der Waals surface area contributed by atoms with Gasteiger partial charge in [0.25, 0.3) is 0 Å². The van der Waals surface area contributed by atoms with Crippen LogP contribution in [0, 0.1) is 5.92 Å². The molecule has 1 aliphatic rings. The lowest BCUT2D eigenvalue weighted by atomic mass is 9.94. The van der Waals surface area contributed by atoms with Crippen LogP contribution >= 0.6 is 0 Å². The van der Waals surface area contributed by atoms with Crippen molar-refractivity contribution in [3.05, 3.63) is 35.9 Å². The molecule has 1 heterocycles. The molecule has 14 heavy (non-hydrogen) atoms. The van der Waals surface area contributed by atoms with Crippen LogP contribution in [0.15, 0.2) is 30.3 Å². The summed E-state index contributed by atoms with van der Waals surface area (Å²) in [5, 5.41) is 12.2. The molecule has 3 heteroatoms. The first-order chi connectivity index (χ1) is 6.79. The number of hydrogen-bond donors (Lipinski definition) is 2. The average Bonchev–Trinajstić information content (AvgIpc) is 2.67. The molecule has 1 aliphatic heterocycles. The summed E-state index contributed by atoms with van der Waals surface area (Å²) in [5.74, 6) is -0.985. The van der Waals surface area contributed by atoms with Gasteiger partial charge in [-0.05, 0) is 18.5 Å². The van der Waals surface area contributed by atoms with Gasteiger partial charge in [-0.1, -0.05) is 30.3 Å². The molecule has 2 rings (SSSR count). The summed E-state index contributed by atoms with van der Waals surface area (Å²) in [5.41, 5.74) is 1.07. The Bertz CT molecular complexity index is 323. The molecule has 1 aromatic carbocycles. The van der Waals surface area contributed by atoms with E-state index in [0.717, 1.165) is 18.5 Å². The number of rotatable bonds is 2. The molecule has 2 atom stereocenters. The van der Waals surface area contributed by atoms with E-state index >= 15 is 0 Å². The standard InChI is InChI=1S/C11H13NO2/c13-11(14)9-6-7-12-10(9)8-4-2-1-3-5-8/h1-5,9-10,12H,6-7H2,(H,13,14)/t9-,10+/m1/s1. The van der Waals surface area contributed by atoms with Gasteiger partial charge in [0.1, 0.15) is 0 Å².